The Morgan fingerprint density at radius 1 is 1.40 bits per heavy atom. The first-order valence-electron chi connectivity index (χ1n) is 5.32. The molecule has 0 N–H and O–H groups in total. The molecule has 0 bridgehead atoms. The Morgan fingerprint density at radius 3 is 2.40 bits per heavy atom. The third-order valence-electron chi connectivity index (χ3n) is 2.10. The number of hydrogen-bond donors (Lipinski definition) is 0. The molecule has 0 saturated heterocycles. The van der Waals surface area contributed by atoms with Crippen molar-refractivity contribution in [1.29, 1.82) is 0 Å². The number of hydrogen-bond acceptors (Lipinski definition) is 4. The van der Waals surface area contributed by atoms with Crippen LogP contribution in [0.4, 0.5) is 4.79 Å². The first-order valence-corrected chi connectivity index (χ1v) is 5.32. The molecule has 15 heavy (non-hydrogen) atoms. The highest BCUT2D eigenvalue weighted by Crippen LogP contribution is 2.06. The summed E-state index contributed by atoms with van der Waals surface area (Å²) in [6.45, 7) is 8.04. The largest absolute Gasteiger partial charge is 0.445 e. The molecule has 0 aromatic carbocycles. The van der Waals surface area contributed by atoms with Crippen LogP contribution in [0.1, 0.15) is 40.5 Å². The molecular weight excluding hydrogens is 196 g/mol. The van der Waals surface area contributed by atoms with Gasteiger partial charge in [0.25, 0.3) is 0 Å². The molecule has 0 saturated carbocycles. The molecule has 0 aliphatic heterocycles. The van der Waals surface area contributed by atoms with Crippen LogP contribution in [0.15, 0.2) is 5.29 Å². The summed E-state index contributed by atoms with van der Waals surface area (Å²) in [6.07, 6.45) is 0.630. The normalized spacial score (nSPS) is 12.3. The van der Waals surface area contributed by atoms with E-state index in [2.05, 4.69) is 5.29 Å². The highest BCUT2D eigenvalue weighted by Gasteiger charge is 2.17. The average molecular weight is 216 g/mol. The molecule has 88 valence electrons. The van der Waals surface area contributed by atoms with Gasteiger partial charge in [-0.2, -0.15) is 5.01 Å². The minimum Gasteiger partial charge on any atom is -0.445 e. The molecule has 5 heteroatoms. The van der Waals surface area contributed by atoms with E-state index in [0.717, 1.165) is 17.9 Å². The van der Waals surface area contributed by atoms with Gasteiger partial charge in [0, 0.05) is 0 Å². The Bertz CT molecular complexity index is 207. The smallest absolute Gasteiger partial charge is 0.433 e. The number of rotatable bonds is 6. The first-order chi connectivity index (χ1) is 7.01. The van der Waals surface area contributed by atoms with Gasteiger partial charge in [0.1, 0.15) is 6.10 Å². The van der Waals surface area contributed by atoms with Crippen molar-refractivity contribution in [2.24, 2.45) is 11.2 Å². The molecule has 0 aliphatic rings. The van der Waals surface area contributed by atoms with Gasteiger partial charge in [-0.05, 0) is 25.7 Å². The predicted molar refractivity (Wildman–Crippen MR) is 58.2 cm³/mol. The molecule has 0 heterocycles. The Labute approximate surface area is 90.7 Å². The van der Waals surface area contributed by atoms with Crippen molar-refractivity contribution in [3.05, 3.63) is 4.91 Å². The maximum absolute atomic E-state index is 11.4. The lowest BCUT2D eigenvalue weighted by Gasteiger charge is -2.17. The number of carbonyl (C=O) groups excluding carboxylic acids is 1. The Morgan fingerprint density at radius 2 is 2.00 bits per heavy atom. The van der Waals surface area contributed by atoms with E-state index in [0.29, 0.717) is 12.5 Å². The second-order valence-electron chi connectivity index (χ2n) is 3.99. The first kappa shape index (κ1) is 13.9. The number of carbonyl (C=O) groups is 1. The summed E-state index contributed by atoms with van der Waals surface area (Å²) in [4.78, 5) is 21.8. The molecular formula is C10H20N2O3. The summed E-state index contributed by atoms with van der Waals surface area (Å²) >= 11 is 0. The van der Waals surface area contributed by atoms with Crippen LogP contribution in [0, 0.1) is 10.8 Å². The maximum atomic E-state index is 11.4. The predicted octanol–water partition coefficient (Wildman–Crippen LogP) is 2.95. The lowest BCUT2D eigenvalue weighted by atomic mass is 10.1. The molecule has 0 aliphatic carbocycles. The minimum atomic E-state index is -0.653. The van der Waals surface area contributed by atoms with Gasteiger partial charge in [0.2, 0.25) is 0 Å². The van der Waals surface area contributed by atoms with Crippen molar-refractivity contribution in [1.82, 2.24) is 5.01 Å². The molecule has 0 fully saturated rings. The molecule has 1 amide bonds. The SMILES string of the molecule is CCC(C)OC(=O)N(CCC(C)C)N=O. The zero-order valence-corrected chi connectivity index (χ0v) is 9.90. The zero-order chi connectivity index (χ0) is 11.8. The second kappa shape index (κ2) is 7.20. The van der Waals surface area contributed by atoms with Crippen LogP contribution in [-0.4, -0.2) is 23.8 Å². The monoisotopic (exact) mass is 216 g/mol. The Kier molecular flexibility index (Phi) is 6.66. The van der Waals surface area contributed by atoms with Crippen LogP contribution in [0.2, 0.25) is 0 Å². The van der Waals surface area contributed by atoms with Crippen molar-refractivity contribution in [3.8, 4) is 0 Å². The van der Waals surface area contributed by atoms with Crippen molar-refractivity contribution >= 4 is 6.09 Å². The topological polar surface area (TPSA) is 59.0 Å². The number of nitrogens with zero attached hydrogens (tertiary/aromatic N) is 2. The fourth-order valence-electron chi connectivity index (χ4n) is 0.862. The van der Waals surface area contributed by atoms with E-state index in [-0.39, 0.29) is 6.10 Å². The van der Waals surface area contributed by atoms with Crippen LogP contribution < -0.4 is 0 Å². The number of ether oxygens (including phenoxy) is 1. The summed E-state index contributed by atoms with van der Waals surface area (Å²) in [5.74, 6) is 0.422. The highest BCUT2D eigenvalue weighted by atomic mass is 16.6. The van der Waals surface area contributed by atoms with Crippen LogP contribution in [0.25, 0.3) is 0 Å². The van der Waals surface area contributed by atoms with E-state index >= 15 is 0 Å². The zero-order valence-electron chi connectivity index (χ0n) is 9.90. The van der Waals surface area contributed by atoms with E-state index < -0.39 is 6.09 Å². The van der Waals surface area contributed by atoms with Gasteiger partial charge in [0.05, 0.1) is 11.8 Å². The number of nitroso groups, excluding NO2 is 1. The Balaban J connectivity index is 4.04. The van der Waals surface area contributed by atoms with Crippen LogP contribution in [0.3, 0.4) is 0 Å². The molecule has 0 aromatic rings. The molecule has 0 aromatic heterocycles. The molecule has 0 radical (unpaired) electrons. The second-order valence-corrected chi connectivity index (χ2v) is 3.99. The van der Waals surface area contributed by atoms with E-state index in [1.807, 2.05) is 20.8 Å². The fourth-order valence-corrected chi connectivity index (χ4v) is 0.862. The summed E-state index contributed by atoms with van der Waals surface area (Å²) in [5, 5.41) is 3.50. The van der Waals surface area contributed by atoms with Crippen molar-refractivity contribution in [2.45, 2.75) is 46.6 Å². The van der Waals surface area contributed by atoms with Gasteiger partial charge < -0.3 is 4.74 Å². The maximum Gasteiger partial charge on any atom is 0.433 e. The van der Waals surface area contributed by atoms with Crippen molar-refractivity contribution in [2.75, 3.05) is 6.54 Å². The van der Waals surface area contributed by atoms with Gasteiger partial charge in [-0.15, -0.1) is 4.91 Å². The van der Waals surface area contributed by atoms with E-state index in [1.54, 1.807) is 6.92 Å². The van der Waals surface area contributed by atoms with Crippen molar-refractivity contribution < 1.29 is 9.53 Å². The summed E-state index contributed by atoms with van der Waals surface area (Å²) in [6, 6.07) is 0. The molecule has 0 spiro atoms. The lowest BCUT2D eigenvalue weighted by molar-refractivity contribution is 0.0674. The quantitative estimate of drug-likeness (QED) is 0.506. The van der Waals surface area contributed by atoms with E-state index in [4.69, 9.17) is 4.74 Å². The van der Waals surface area contributed by atoms with Gasteiger partial charge in [-0.25, -0.2) is 4.79 Å². The molecule has 1 atom stereocenters. The van der Waals surface area contributed by atoms with Crippen LogP contribution >= 0.6 is 0 Å². The summed E-state index contributed by atoms with van der Waals surface area (Å²) in [5.41, 5.74) is 0. The molecule has 0 rings (SSSR count). The van der Waals surface area contributed by atoms with Crippen molar-refractivity contribution in [3.63, 3.8) is 0 Å². The molecule has 5 nitrogen and oxygen atoms in total. The van der Waals surface area contributed by atoms with Crippen LogP contribution in [0.5, 0.6) is 0 Å². The van der Waals surface area contributed by atoms with E-state index in [1.165, 1.54) is 0 Å². The van der Waals surface area contributed by atoms with E-state index in [9.17, 15) is 9.70 Å². The lowest BCUT2D eigenvalue weighted by Crippen LogP contribution is -2.30. The third kappa shape index (κ3) is 6.04. The summed E-state index contributed by atoms with van der Waals surface area (Å²) < 4.78 is 4.98. The van der Waals surface area contributed by atoms with Gasteiger partial charge in [0.15, 0.2) is 0 Å². The fraction of sp³-hybridized carbons (Fsp3) is 0.900. The summed E-state index contributed by atoms with van der Waals surface area (Å²) in [7, 11) is 0. The Hall–Kier alpha value is -1.13. The average Bonchev–Trinajstić information content (AvgIpc) is 2.18. The highest BCUT2D eigenvalue weighted by molar-refractivity contribution is 5.67. The molecule has 1 unspecified atom stereocenters. The number of amides is 1. The van der Waals surface area contributed by atoms with Gasteiger partial charge in [-0.3, -0.25) is 0 Å². The standard InChI is InChI=1S/C10H20N2O3/c1-5-9(4)15-10(13)12(11-14)7-6-8(2)3/h8-9H,5-7H2,1-4H3. The van der Waals surface area contributed by atoms with Gasteiger partial charge >= 0.3 is 6.09 Å². The van der Waals surface area contributed by atoms with Gasteiger partial charge in [-0.1, -0.05) is 20.8 Å². The minimum absolute atomic E-state index is 0.180. The third-order valence-corrected chi connectivity index (χ3v) is 2.10. The van der Waals surface area contributed by atoms with Crippen LogP contribution in [-0.2, 0) is 4.74 Å².